The molecule has 0 aliphatic heterocycles. The van der Waals surface area contributed by atoms with Crippen LogP contribution < -0.4 is 16.2 Å². The van der Waals surface area contributed by atoms with Gasteiger partial charge in [-0.15, -0.1) is 0 Å². The molecule has 2 amide bonds. The van der Waals surface area contributed by atoms with Crippen molar-refractivity contribution in [2.75, 3.05) is 7.05 Å². The van der Waals surface area contributed by atoms with Crippen molar-refractivity contribution in [3.8, 4) is 0 Å². The molecule has 0 aliphatic rings. The molecule has 6 nitrogen and oxygen atoms in total. The third-order valence-electron chi connectivity index (χ3n) is 2.71. The average molecular weight is 265 g/mol. The maximum Gasteiger partial charge on any atom is 0.260 e. The molecule has 0 bridgehead atoms. The number of aromatic amines is 1. The number of hydrogen-bond donors (Lipinski definition) is 3. The van der Waals surface area contributed by atoms with Crippen molar-refractivity contribution in [1.29, 1.82) is 0 Å². The van der Waals surface area contributed by atoms with E-state index in [9.17, 15) is 14.4 Å². The predicted octanol–water partition coefficient (Wildman–Crippen LogP) is 0.265. The smallest absolute Gasteiger partial charge is 0.260 e. The first-order chi connectivity index (χ1) is 8.77. The number of rotatable bonds is 3. The second-order valence-electron chi connectivity index (χ2n) is 5.30. The maximum atomic E-state index is 12.0. The van der Waals surface area contributed by atoms with Gasteiger partial charge in [0.1, 0.15) is 11.6 Å². The average Bonchev–Trinajstić information content (AvgIpc) is 2.34. The summed E-state index contributed by atoms with van der Waals surface area (Å²) in [5.74, 6) is -0.862. The van der Waals surface area contributed by atoms with Crippen molar-refractivity contribution in [2.45, 2.75) is 26.8 Å². The number of likely N-dealkylation sites (N-methyl/N-ethyl adjacent to an activating group) is 1. The van der Waals surface area contributed by atoms with E-state index in [1.54, 1.807) is 6.07 Å². The lowest BCUT2D eigenvalue weighted by atomic mass is 9.86. The van der Waals surface area contributed by atoms with E-state index in [0.29, 0.717) is 0 Å². The Bertz CT molecular complexity index is 528. The normalized spacial score (nSPS) is 12.6. The molecule has 3 N–H and O–H groups in total. The van der Waals surface area contributed by atoms with Gasteiger partial charge >= 0.3 is 0 Å². The standard InChI is InChI=1S/C13H19N3O3/c1-13(2,3)9(12(19)14-4)16-11(18)8-6-5-7-15-10(8)17/h5-7,9H,1-4H3,(H,14,19)(H,15,17)(H,16,18)/t9-/m1/s1. The summed E-state index contributed by atoms with van der Waals surface area (Å²) in [5.41, 5.74) is -0.956. The van der Waals surface area contributed by atoms with Crippen molar-refractivity contribution in [3.63, 3.8) is 0 Å². The van der Waals surface area contributed by atoms with Crippen LogP contribution in [0.1, 0.15) is 31.1 Å². The highest BCUT2D eigenvalue weighted by molar-refractivity contribution is 5.97. The quantitative estimate of drug-likeness (QED) is 0.732. The van der Waals surface area contributed by atoms with Crippen LogP contribution in [0.4, 0.5) is 0 Å². The van der Waals surface area contributed by atoms with Crippen LogP contribution in [0.25, 0.3) is 0 Å². The van der Waals surface area contributed by atoms with Gasteiger partial charge in [0.25, 0.3) is 11.5 Å². The van der Waals surface area contributed by atoms with Crippen LogP contribution in [-0.2, 0) is 4.79 Å². The monoisotopic (exact) mass is 265 g/mol. The second kappa shape index (κ2) is 5.69. The van der Waals surface area contributed by atoms with Gasteiger partial charge in [-0.2, -0.15) is 0 Å². The second-order valence-corrected chi connectivity index (χ2v) is 5.30. The van der Waals surface area contributed by atoms with E-state index in [-0.39, 0.29) is 11.5 Å². The minimum atomic E-state index is -0.718. The minimum absolute atomic E-state index is 0.0133. The van der Waals surface area contributed by atoms with Gasteiger partial charge in [-0.05, 0) is 17.5 Å². The fraction of sp³-hybridized carbons (Fsp3) is 0.462. The molecule has 1 aromatic rings. The summed E-state index contributed by atoms with van der Waals surface area (Å²) in [6.45, 7) is 5.51. The highest BCUT2D eigenvalue weighted by atomic mass is 16.2. The summed E-state index contributed by atoms with van der Waals surface area (Å²) < 4.78 is 0. The molecule has 1 atom stereocenters. The van der Waals surface area contributed by atoms with Gasteiger partial charge in [-0.1, -0.05) is 20.8 Å². The third-order valence-corrected chi connectivity index (χ3v) is 2.71. The molecular formula is C13H19N3O3. The Balaban J connectivity index is 2.99. The molecule has 0 spiro atoms. The Kier molecular flexibility index (Phi) is 4.47. The summed E-state index contributed by atoms with van der Waals surface area (Å²) in [7, 11) is 1.50. The number of amides is 2. The summed E-state index contributed by atoms with van der Waals surface area (Å²) in [6, 6.07) is 2.25. The summed E-state index contributed by atoms with van der Waals surface area (Å²) in [6.07, 6.45) is 1.44. The Labute approximate surface area is 111 Å². The molecule has 0 aliphatic carbocycles. The number of hydrogen-bond acceptors (Lipinski definition) is 3. The van der Waals surface area contributed by atoms with E-state index in [1.165, 1.54) is 19.3 Å². The summed E-state index contributed by atoms with van der Waals surface area (Å²) >= 11 is 0. The van der Waals surface area contributed by atoms with Crippen LogP contribution in [0.3, 0.4) is 0 Å². The molecule has 6 heteroatoms. The zero-order valence-electron chi connectivity index (χ0n) is 11.5. The number of aromatic nitrogens is 1. The minimum Gasteiger partial charge on any atom is -0.357 e. The topological polar surface area (TPSA) is 91.1 Å². The largest absolute Gasteiger partial charge is 0.357 e. The Morgan fingerprint density at radius 2 is 1.95 bits per heavy atom. The number of carbonyl (C=O) groups is 2. The third kappa shape index (κ3) is 3.67. The zero-order valence-corrected chi connectivity index (χ0v) is 11.5. The van der Waals surface area contributed by atoms with Crippen molar-refractivity contribution in [1.82, 2.24) is 15.6 Å². The van der Waals surface area contributed by atoms with E-state index < -0.39 is 22.9 Å². The molecule has 0 unspecified atom stereocenters. The predicted molar refractivity (Wildman–Crippen MR) is 71.8 cm³/mol. The van der Waals surface area contributed by atoms with Crippen LogP contribution in [0.2, 0.25) is 0 Å². The lowest BCUT2D eigenvalue weighted by Crippen LogP contribution is -2.53. The van der Waals surface area contributed by atoms with E-state index in [1.807, 2.05) is 20.8 Å². The maximum absolute atomic E-state index is 12.0. The Morgan fingerprint density at radius 1 is 1.32 bits per heavy atom. The van der Waals surface area contributed by atoms with Crippen LogP contribution in [-0.4, -0.2) is 29.9 Å². The molecule has 1 heterocycles. The van der Waals surface area contributed by atoms with E-state index in [0.717, 1.165) is 0 Å². The van der Waals surface area contributed by atoms with Crippen molar-refractivity contribution >= 4 is 11.8 Å². The molecule has 1 rings (SSSR count). The van der Waals surface area contributed by atoms with Crippen LogP contribution in [0.15, 0.2) is 23.1 Å². The van der Waals surface area contributed by atoms with Crippen molar-refractivity contribution in [3.05, 3.63) is 34.2 Å². The highest BCUT2D eigenvalue weighted by Crippen LogP contribution is 2.19. The number of nitrogens with one attached hydrogen (secondary N) is 3. The number of pyridine rings is 1. The van der Waals surface area contributed by atoms with Gasteiger partial charge in [-0.3, -0.25) is 14.4 Å². The van der Waals surface area contributed by atoms with Gasteiger partial charge in [0.2, 0.25) is 5.91 Å². The molecule has 0 fully saturated rings. The van der Waals surface area contributed by atoms with Crippen molar-refractivity contribution < 1.29 is 9.59 Å². The number of carbonyl (C=O) groups excluding carboxylic acids is 2. The first-order valence-electron chi connectivity index (χ1n) is 5.97. The molecular weight excluding hydrogens is 246 g/mol. The van der Waals surface area contributed by atoms with Gasteiger partial charge in [0.05, 0.1) is 0 Å². The molecule has 0 saturated carbocycles. The van der Waals surface area contributed by atoms with Gasteiger partial charge in [0, 0.05) is 13.2 Å². The van der Waals surface area contributed by atoms with Gasteiger partial charge < -0.3 is 15.6 Å². The lowest BCUT2D eigenvalue weighted by molar-refractivity contribution is -0.124. The fourth-order valence-corrected chi connectivity index (χ4v) is 1.63. The van der Waals surface area contributed by atoms with Crippen LogP contribution in [0.5, 0.6) is 0 Å². The fourth-order valence-electron chi connectivity index (χ4n) is 1.63. The van der Waals surface area contributed by atoms with Crippen LogP contribution >= 0.6 is 0 Å². The highest BCUT2D eigenvalue weighted by Gasteiger charge is 2.32. The Morgan fingerprint density at radius 3 is 2.42 bits per heavy atom. The van der Waals surface area contributed by atoms with E-state index >= 15 is 0 Å². The molecule has 0 aromatic carbocycles. The zero-order chi connectivity index (χ0) is 14.6. The Hall–Kier alpha value is -2.11. The van der Waals surface area contributed by atoms with Gasteiger partial charge in [-0.25, -0.2) is 0 Å². The molecule has 0 saturated heterocycles. The summed E-state index contributed by atoms with van der Waals surface area (Å²) in [5, 5.41) is 5.10. The SMILES string of the molecule is CNC(=O)[C@@H](NC(=O)c1ccc[nH]c1=O)C(C)(C)C. The molecule has 0 radical (unpaired) electrons. The molecule has 104 valence electrons. The molecule has 1 aromatic heterocycles. The molecule has 19 heavy (non-hydrogen) atoms. The van der Waals surface area contributed by atoms with Crippen LogP contribution in [0, 0.1) is 5.41 Å². The summed E-state index contributed by atoms with van der Waals surface area (Å²) in [4.78, 5) is 37.8. The van der Waals surface area contributed by atoms with Crippen molar-refractivity contribution in [2.24, 2.45) is 5.41 Å². The first kappa shape index (κ1) is 14.9. The lowest BCUT2D eigenvalue weighted by Gasteiger charge is -2.29. The first-order valence-corrected chi connectivity index (χ1v) is 5.97. The number of H-pyrrole nitrogens is 1. The van der Waals surface area contributed by atoms with E-state index in [4.69, 9.17) is 0 Å². The van der Waals surface area contributed by atoms with Gasteiger partial charge in [0.15, 0.2) is 0 Å². The van der Waals surface area contributed by atoms with E-state index in [2.05, 4.69) is 15.6 Å².